The minimum atomic E-state index is -4.68. The molecule has 0 saturated carbocycles. The van der Waals surface area contributed by atoms with Gasteiger partial charge in [-0.1, -0.05) is 62.8 Å². The van der Waals surface area contributed by atoms with E-state index in [-0.39, 0.29) is 11.0 Å². The lowest BCUT2D eigenvalue weighted by atomic mass is 9.72. The first-order valence-corrected chi connectivity index (χ1v) is 26.9. The second kappa shape index (κ2) is 17.8. The van der Waals surface area contributed by atoms with Crippen molar-refractivity contribution in [1.29, 1.82) is 0 Å². The van der Waals surface area contributed by atoms with Crippen LogP contribution in [0, 0.1) is 21.3 Å². The Hall–Kier alpha value is -5.46. The van der Waals surface area contributed by atoms with E-state index < -0.39 is 45.3 Å². The van der Waals surface area contributed by atoms with Gasteiger partial charge in [0.05, 0.1) is 32.8 Å². The van der Waals surface area contributed by atoms with Crippen molar-refractivity contribution in [2.45, 2.75) is 70.4 Å². The van der Waals surface area contributed by atoms with Crippen LogP contribution in [0.3, 0.4) is 0 Å². The van der Waals surface area contributed by atoms with E-state index in [9.17, 15) is 27.7 Å². The summed E-state index contributed by atoms with van der Waals surface area (Å²) in [4.78, 5) is 33.5. The van der Waals surface area contributed by atoms with Gasteiger partial charge in [0, 0.05) is 75.8 Å². The van der Waals surface area contributed by atoms with Gasteiger partial charge in [-0.2, -0.15) is 9.49 Å². The smallest absolute Gasteiger partial charge is 0.306 e. The molecular formula is C46H52ClFN8O6SSi. The largest absolute Gasteiger partial charge is 0.369 e. The number of ether oxygens (including phenoxy) is 1. The third-order valence-electron chi connectivity index (χ3n) is 12.1. The van der Waals surface area contributed by atoms with Crippen LogP contribution in [0.2, 0.25) is 30.7 Å². The Morgan fingerprint density at radius 3 is 2.48 bits per heavy atom. The van der Waals surface area contributed by atoms with E-state index in [1.165, 1.54) is 16.7 Å². The van der Waals surface area contributed by atoms with Crippen LogP contribution in [0.4, 0.5) is 15.8 Å². The molecule has 1 amide bonds. The van der Waals surface area contributed by atoms with Crippen LogP contribution in [0.1, 0.15) is 49.0 Å². The highest BCUT2D eigenvalue weighted by atomic mass is 35.5. The van der Waals surface area contributed by atoms with Crippen LogP contribution in [0.15, 0.2) is 95.7 Å². The summed E-state index contributed by atoms with van der Waals surface area (Å²) in [6, 6.07) is 20.3. The monoisotopic (exact) mass is 926 g/mol. The predicted octanol–water partition coefficient (Wildman–Crippen LogP) is 9.29. The van der Waals surface area contributed by atoms with Gasteiger partial charge in [0.2, 0.25) is 5.82 Å². The van der Waals surface area contributed by atoms with Crippen molar-refractivity contribution < 1.29 is 27.3 Å². The zero-order valence-electron chi connectivity index (χ0n) is 36.6. The molecule has 6 aromatic rings. The number of halogens is 2. The molecule has 1 saturated heterocycles. The first kappa shape index (κ1) is 45.1. The minimum Gasteiger partial charge on any atom is -0.369 e. The number of nitro groups is 1. The number of nitrogens with zero attached hydrogens (tertiary/aromatic N) is 7. The second-order valence-electron chi connectivity index (χ2n) is 18.7. The highest BCUT2D eigenvalue weighted by Crippen LogP contribution is 2.43. The highest BCUT2D eigenvalue weighted by molar-refractivity contribution is 7.90. The quantitative estimate of drug-likeness (QED) is 0.0483. The summed E-state index contributed by atoms with van der Waals surface area (Å²) >= 11 is 6.25. The van der Waals surface area contributed by atoms with E-state index in [1.54, 1.807) is 23.0 Å². The summed E-state index contributed by atoms with van der Waals surface area (Å²) in [5.74, 6) is -2.21. The number of aromatic nitrogens is 4. The fourth-order valence-electron chi connectivity index (χ4n) is 8.41. The Labute approximate surface area is 377 Å². The van der Waals surface area contributed by atoms with E-state index in [4.69, 9.17) is 21.3 Å². The normalized spacial score (nSPS) is 16.2. The number of allylic oxidation sites excluding steroid dienone is 1. The molecule has 3 aromatic heterocycles. The molecule has 336 valence electrons. The second-order valence-corrected chi connectivity index (χ2v) is 26.4. The molecule has 1 fully saturated rings. The Morgan fingerprint density at radius 1 is 1.02 bits per heavy atom. The molecule has 3 aromatic carbocycles. The zero-order chi connectivity index (χ0) is 45.6. The minimum absolute atomic E-state index is 0.0251. The molecule has 1 N–H and O–H groups in total. The lowest BCUT2D eigenvalue weighted by Gasteiger charge is -2.39. The molecule has 0 spiro atoms. The Balaban J connectivity index is 1.09. The maximum atomic E-state index is 14.2. The van der Waals surface area contributed by atoms with E-state index in [1.807, 2.05) is 45.8 Å². The molecule has 64 heavy (non-hydrogen) atoms. The standard InChI is InChI=1S/C46H52ClFN8O6SSi/c1-46(2)16-14-33(38(27-46)31-6-8-34(47)9-7-31)29-52-18-20-53(21-19-52)35-10-12-37(45(57)51-63(60,61)36-11-13-39(48)42(26-36)56(58)59)41(25-35)55-43-24-32-15-17-54(30-62-22-23-64(3,4)5)44(32)50-40(43)28-49-55/h6-13,15,17,24-26,28H,14,16,18-23,27,29-30H2,1-5H3,(H,51,57). The number of hydrogen-bond donors (Lipinski definition) is 1. The van der Waals surface area contributed by atoms with E-state index in [0.717, 1.165) is 67.1 Å². The number of fused-ring (bicyclic) bond motifs is 2. The van der Waals surface area contributed by atoms with Crippen molar-refractivity contribution >= 4 is 74.6 Å². The number of anilines is 1. The van der Waals surface area contributed by atoms with Gasteiger partial charge in [0.1, 0.15) is 17.9 Å². The predicted molar refractivity (Wildman–Crippen MR) is 251 cm³/mol. The van der Waals surface area contributed by atoms with Gasteiger partial charge in [-0.25, -0.2) is 22.8 Å². The molecule has 14 nitrogen and oxygen atoms in total. The summed E-state index contributed by atoms with van der Waals surface area (Å²) in [7, 11) is -5.95. The number of nitrogens with one attached hydrogen (secondary N) is 1. The molecule has 4 heterocycles. The lowest BCUT2D eigenvalue weighted by Crippen LogP contribution is -2.47. The van der Waals surface area contributed by atoms with Crippen LogP contribution in [0.25, 0.3) is 33.3 Å². The van der Waals surface area contributed by atoms with Crippen molar-refractivity contribution in [3.05, 3.63) is 123 Å². The Bertz CT molecular complexity index is 2900. The number of hydrogen-bond acceptors (Lipinski definition) is 10. The van der Waals surface area contributed by atoms with Crippen LogP contribution in [-0.2, 0) is 21.5 Å². The molecule has 1 aliphatic carbocycles. The number of benzene rings is 3. The number of rotatable bonds is 14. The van der Waals surface area contributed by atoms with Gasteiger partial charge in [0.25, 0.3) is 15.9 Å². The Morgan fingerprint density at radius 2 is 1.77 bits per heavy atom. The summed E-state index contributed by atoms with van der Waals surface area (Å²) in [6.07, 6.45) is 6.66. The third kappa shape index (κ3) is 9.93. The maximum Gasteiger partial charge on any atom is 0.306 e. The van der Waals surface area contributed by atoms with Gasteiger partial charge in [0.15, 0.2) is 0 Å². The molecule has 0 radical (unpaired) electrons. The van der Waals surface area contributed by atoms with Crippen molar-refractivity contribution in [2.75, 3.05) is 44.2 Å². The number of piperazine rings is 1. The number of pyridine rings is 1. The molecule has 18 heteroatoms. The summed E-state index contributed by atoms with van der Waals surface area (Å²) in [5, 5.41) is 17.6. The summed E-state index contributed by atoms with van der Waals surface area (Å²) in [5.41, 5.74) is 6.16. The topological polar surface area (TPSA) is 158 Å². The number of amides is 1. The fraction of sp³-hybridized carbons (Fsp3) is 0.370. The molecule has 2 aliphatic rings. The van der Waals surface area contributed by atoms with Crippen molar-refractivity contribution in [3.63, 3.8) is 0 Å². The number of sulfonamides is 1. The number of carbonyl (C=O) groups excluding carboxylic acids is 1. The maximum absolute atomic E-state index is 14.2. The summed E-state index contributed by atoms with van der Waals surface area (Å²) < 4.78 is 52.7. The molecule has 1 aliphatic heterocycles. The first-order valence-electron chi connectivity index (χ1n) is 21.4. The molecule has 8 rings (SSSR count). The van der Waals surface area contributed by atoms with Crippen LogP contribution in [0.5, 0.6) is 0 Å². The average molecular weight is 928 g/mol. The van der Waals surface area contributed by atoms with Crippen LogP contribution in [-0.4, -0.2) is 90.9 Å². The van der Waals surface area contributed by atoms with E-state index in [2.05, 4.69) is 60.5 Å². The van der Waals surface area contributed by atoms with Gasteiger partial charge < -0.3 is 14.2 Å². The molecule has 0 atom stereocenters. The fourth-order valence-corrected chi connectivity index (χ4v) is 10.3. The average Bonchev–Trinajstić information content (AvgIpc) is 3.85. The van der Waals surface area contributed by atoms with Gasteiger partial charge >= 0.3 is 5.69 Å². The number of carbonyl (C=O) groups is 1. The molecular weight excluding hydrogens is 875 g/mol. The molecule has 0 unspecified atom stereocenters. The molecule has 0 bridgehead atoms. The zero-order valence-corrected chi connectivity index (χ0v) is 39.2. The third-order valence-corrected chi connectivity index (χ3v) is 15.4. The Kier molecular flexibility index (Phi) is 12.6. The van der Waals surface area contributed by atoms with Crippen molar-refractivity contribution in [1.82, 2.24) is 29.0 Å². The van der Waals surface area contributed by atoms with Gasteiger partial charge in [-0.3, -0.25) is 19.8 Å². The first-order chi connectivity index (χ1) is 30.3. The van der Waals surface area contributed by atoms with E-state index in [0.29, 0.717) is 60.9 Å². The van der Waals surface area contributed by atoms with Crippen LogP contribution >= 0.6 is 11.6 Å². The lowest BCUT2D eigenvalue weighted by molar-refractivity contribution is -0.387. The van der Waals surface area contributed by atoms with Crippen molar-refractivity contribution in [2.24, 2.45) is 5.41 Å². The van der Waals surface area contributed by atoms with Crippen LogP contribution < -0.4 is 9.62 Å². The summed E-state index contributed by atoms with van der Waals surface area (Å²) in [6.45, 7) is 16.4. The van der Waals surface area contributed by atoms with Gasteiger partial charge in [-0.15, -0.1) is 0 Å². The van der Waals surface area contributed by atoms with Crippen molar-refractivity contribution in [3.8, 4) is 5.69 Å². The highest BCUT2D eigenvalue weighted by Gasteiger charge is 2.31. The van der Waals surface area contributed by atoms with E-state index >= 15 is 0 Å². The van der Waals surface area contributed by atoms with Gasteiger partial charge in [-0.05, 0) is 96.5 Å². The SMILES string of the molecule is CC1(C)CCC(CN2CCN(c3ccc(C(=O)NS(=O)(=O)c4ccc(F)c([N+](=O)[O-])c4)c(-n4ncc5nc6c(ccn6COCC[Si](C)(C)C)cc54)c3)CC2)=C(c2ccc(Cl)cc2)C1. The number of nitro benzene ring substituents is 1.